The number of benzene rings is 1. The first-order chi connectivity index (χ1) is 11.5. The molecule has 0 aliphatic rings. The van der Waals surface area contributed by atoms with Gasteiger partial charge >= 0.3 is 5.97 Å². The third-order valence-corrected chi connectivity index (χ3v) is 3.25. The maximum absolute atomic E-state index is 12.0. The number of hydrogen-bond acceptors (Lipinski definition) is 4. The van der Waals surface area contributed by atoms with Crippen LogP contribution in [0.4, 0.5) is 0 Å². The number of nitrogens with zero attached hydrogens (tertiary/aromatic N) is 1. The van der Waals surface area contributed by atoms with E-state index >= 15 is 0 Å². The fourth-order valence-electron chi connectivity index (χ4n) is 2.80. The molecule has 0 atom stereocenters. The number of esters is 1. The number of amides is 1. The summed E-state index contributed by atoms with van der Waals surface area (Å²) in [5.41, 5.74) is 1.03. The summed E-state index contributed by atoms with van der Waals surface area (Å²) in [6.07, 6.45) is 3.64. The molecule has 0 saturated heterocycles. The van der Waals surface area contributed by atoms with E-state index in [9.17, 15) is 9.59 Å². The fraction of sp³-hybridized carbons (Fsp3) is 0.450. The van der Waals surface area contributed by atoms with E-state index < -0.39 is 5.97 Å². The molecule has 0 spiro atoms. The molecule has 0 radical (unpaired) electrons. The van der Waals surface area contributed by atoms with Crippen LogP contribution >= 0.6 is 0 Å². The van der Waals surface area contributed by atoms with Crippen molar-refractivity contribution >= 4 is 18.0 Å². The Morgan fingerprint density at radius 1 is 1.16 bits per heavy atom. The molecular weight excluding hydrogens is 316 g/mol. The van der Waals surface area contributed by atoms with Crippen molar-refractivity contribution in [3.05, 3.63) is 41.5 Å². The van der Waals surface area contributed by atoms with E-state index in [0.717, 1.165) is 12.0 Å². The third-order valence-electron chi connectivity index (χ3n) is 3.25. The van der Waals surface area contributed by atoms with Gasteiger partial charge in [-0.05, 0) is 49.5 Å². The van der Waals surface area contributed by atoms with Crippen molar-refractivity contribution in [2.75, 3.05) is 6.61 Å². The topological polar surface area (TPSA) is 79.2 Å². The lowest BCUT2D eigenvalue weighted by molar-refractivity contribution is -0.144. The predicted octanol–water partition coefficient (Wildman–Crippen LogP) is 3.45. The number of rotatable bonds is 6. The Morgan fingerprint density at radius 3 is 2.28 bits per heavy atom. The van der Waals surface area contributed by atoms with Gasteiger partial charge in [-0.15, -0.1) is 0 Å². The molecule has 0 unspecified atom stereocenters. The summed E-state index contributed by atoms with van der Waals surface area (Å²) in [5.74, 6) is -0.914. The molecule has 1 N–H and O–H groups in total. The quantitative estimate of drug-likeness (QED) is 0.634. The van der Waals surface area contributed by atoms with E-state index in [4.69, 9.17) is 10.00 Å². The van der Waals surface area contributed by atoms with E-state index in [-0.39, 0.29) is 23.5 Å². The molecule has 0 aliphatic carbocycles. The Labute approximate surface area is 149 Å². The highest BCUT2D eigenvalue weighted by Gasteiger charge is 2.27. The molecule has 1 aromatic rings. The molecular formula is C20H26N2O3. The van der Waals surface area contributed by atoms with Crippen molar-refractivity contribution < 1.29 is 14.3 Å². The van der Waals surface area contributed by atoms with Crippen LogP contribution in [0.15, 0.2) is 30.3 Å². The van der Waals surface area contributed by atoms with Crippen LogP contribution in [0.5, 0.6) is 0 Å². The Hall–Kier alpha value is -2.61. The second kappa shape index (κ2) is 8.48. The van der Waals surface area contributed by atoms with E-state index in [0.29, 0.717) is 5.56 Å². The van der Waals surface area contributed by atoms with Gasteiger partial charge in [0, 0.05) is 11.6 Å². The maximum atomic E-state index is 12.0. The van der Waals surface area contributed by atoms with Gasteiger partial charge in [0.15, 0.2) is 6.61 Å². The highest BCUT2D eigenvalue weighted by molar-refractivity contribution is 5.89. The first-order valence-electron chi connectivity index (χ1n) is 8.17. The Morgan fingerprint density at radius 2 is 1.76 bits per heavy atom. The van der Waals surface area contributed by atoms with Crippen molar-refractivity contribution in [2.24, 2.45) is 5.41 Å². The standard InChI is InChI=1S/C20H26N2O3/c1-19(2,3)14-20(4,5)22-17(23)13-25-18(24)11-10-15-6-8-16(12-21)9-7-15/h6-11H,13-14H2,1-5H3,(H,22,23)/b11-10+. The first kappa shape index (κ1) is 20.4. The van der Waals surface area contributed by atoms with Crippen molar-refractivity contribution in [3.63, 3.8) is 0 Å². The second-order valence-electron chi connectivity index (χ2n) is 7.84. The van der Waals surface area contributed by atoms with Gasteiger partial charge in [0.2, 0.25) is 0 Å². The molecule has 1 aromatic carbocycles. The monoisotopic (exact) mass is 342 g/mol. The largest absolute Gasteiger partial charge is 0.452 e. The summed E-state index contributed by atoms with van der Waals surface area (Å²) < 4.78 is 4.96. The smallest absolute Gasteiger partial charge is 0.331 e. The summed E-state index contributed by atoms with van der Waals surface area (Å²) in [7, 11) is 0. The molecule has 1 amide bonds. The lowest BCUT2D eigenvalue weighted by Crippen LogP contribution is -2.47. The molecule has 0 fully saturated rings. The lowest BCUT2D eigenvalue weighted by Gasteiger charge is -2.33. The van der Waals surface area contributed by atoms with Gasteiger partial charge in [-0.3, -0.25) is 4.79 Å². The van der Waals surface area contributed by atoms with Gasteiger partial charge in [-0.25, -0.2) is 4.79 Å². The molecule has 5 heteroatoms. The van der Waals surface area contributed by atoms with Gasteiger partial charge in [0.05, 0.1) is 11.6 Å². The average molecular weight is 342 g/mol. The number of nitriles is 1. The molecule has 1 rings (SSSR count). The van der Waals surface area contributed by atoms with Gasteiger partial charge in [-0.1, -0.05) is 32.9 Å². The molecule has 5 nitrogen and oxygen atoms in total. The minimum Gasteiger partial charge on any atom is -0.452 e. The van der Waals surface area contributed by atoms with Crippen LogP contribution in [0.2, 0.25) is 0 Å². The zero-order chi connectivity index (χ0) is 19.1. The van der Waals surface area contributed by atoms with E-state index in [2.05, 4.69) is 26.1 Å². The molecule has 0 heterocycles. The van der Waals surface area contributed by atoms with E-state index in [1.54, 1.807) is 30.3 Å². The van der Waals surface area contributed by atoms with Crippen LogP contribution in [0.1, 0.15) is 52.2 Å². The molecule has 134 valence electrons. The SMILES string of the molecule is CC(C)(C)CC(C)(C)NC(=O)COC(=O)/C=C/c1ccc(C#N)cc1. The van der Waals surface area contributed by atoms with Gasteiger partial charge < -0.3 is 10.1 Å². The van der Waals surface area contributed by atoms with Crippen molar-refractivity contribution in [1.29, 1.82) is 5.26 Å². The number of nitrogens with one attached hydrogen (secondary N) is 1. The molecule has 0 aliphatic heterocycles. The maximum Gasteiger partial charge on any atom is 0.331 e. The van der Waals surface area contributed by atoms with Crippen LogP contribution in [-0.2, 0) is 14.3 Å². The highest BCUT2D eigenvalue weighted by atomic mass is 16.5. The Bertz CT molecular complexity index is 674. The molecule has 25 heavy (non-hydrogen) atoms. The molecule has 0 saturated carbocycles. The summed E-state index contributed by atoms with van der Waals surface area (Å²) in [4.78, 5) is 23.6. The Balaban J connectivity index is 2.46. The second-order valence-corrected chi connectivity index (χ2v) is 7.84. The first-order valence-corrected chi connectivity index (χ1v) is 8.17. The van der Waals surface area contributed by atoms with Crippen LogP contribution in [0.3, 0.4) is 0 Å². The minimum atomic E-state index is -0.590. The number of hydrogen-bond donors (Lipinski definition) is 1. The Kier molecular flexibility index (Phi) is 6.93. The summed E-state index contributed by atoms with van der Waals surface area (Å²) >= 11 is 0. The number of carbonyl (C=O) groups excluding carboxylic acids is 2. The summed E-state index contributed by atoms with van der Waals surface area (Å²) in [5, 5.41) is 11.6. The van der Waals surface area contributed by atoms with Crippen molar-refractivity contribution in [3.8, 4) is 6.07 Å². The van der Waals surface area contributed by atoms with Crippen LogP contribution in [-0.4, -0.2) is 24.0 Å². The summed E-state index contributed by atoms with van der Waals surface area (Å²) in [6, 6.07) is 8.80. The van der Waals surface area contributed by atoms with Gasteiger partial charge in [0.1, 0.15) is 0 Å². The molecule has 0 aromatic heterocycles. The van der Waals surface area contributed by atoms with E-state index in [1.807, 2.05) is 19.9 Å². The zero-order valence-electron chi connectivity index (χ0n) is 15.6. The highest BCUT2D eigenvalue weighted by Crippen LogP contribution is 2.26. The third kappa shape index (κ3) is 8.71. The van der Waals surface area contributed by atoms with Crippen LogP contribution < -0.4 is 5.32 Å². The van der Waals surface area contributed by atoms with Gasteiger partial charge in [-0.2, -0.15) is 5.26 Å². The normalized spacial score (nSPS) is 11.8. The van der Waals surface area contributed by atoms with Crippen LogP contribution in [0.25, 0.3) is 6.08 Å². The minimum absolute atomic E-state index is 0.0806. The zero-order valence-corrected chi connectivity index (χ0v) is 15.6. The number of ether oxygens (including phenoxy) is 1. The lowest BCUT2D eigenvalue weighted by atomic mass is 9.82. The molecule has 0 bridgehead atoms. The van der Waals surface area contributed by atoms with Crippen molar-refractivity contribution in [1.82, 2.24) is 5.32 Å². The van der Waals surface area contributed by atoms with E-state index in [1.165, 1.54) is 6.08 Å². The summed E-state index contributed by atoms with van der Waals surface area (Å²) in [6.45, 7) is 9.90. The number of carbonyl (C=O) groups is 2. The fourth-order valence-corrected chi connectivity index (χ4v) is 2.80. The van der Waals surface area contributed by atoms with Crippen LogP contribution in [0, 0.1) is 16.7 Å². The average Bonchev–Trinajstić information content (AvgIpc) is 2.48. The van der Waals surface area contributed by atoms with Gasteiger partial charge in [0.25, 0.3) is 5.91 Å². The predicted molar refractivity (Wildman–Crippen MR) is 97.4 cm³/mol. The van der Waals surface area contributed by atoms with Crippen molar-refractivity contribution in [2.45, 2.75) is 46.6 Å².